The second-order valence-corrected chi connectivity index (χ2v) is 6.91. The minimum Gasteiger partial charge on any atom is -0.475 e. The van der Waals surface area contributed by atoms with Crippen molar-refractivity contribution < 1.29 is 9.47 Å². The van der Waals surface area contributed by atoms with Crippen LogP contribution in [-0.2, 0) is 4.74 Å². The van der Waals surface area contributed by atoms with Crippen molar-refractivity contribution in [1.29, 1.82) is 0 Å². The molecular formula is C18H24BrN3O2. The molecule has 130 valence electrons. The predicted octanol–water partition coefficient (Wildman–Crippen LogP) is 3.53. The molecule has 0 saturated carbocycles. The van der Waals surface area contributed by atoms with E-state index < -0.39 is 0 Å². The minimum atomic E-state index is 0.643. The molecule has 2 heterocycles. The van der Waals surface area contributed by atoms with Gasteiger partial charge in [-0.3, -0.25) is 4.90 Å². The average Bonchev–Trinajstić information content (AvgIpc) is 3.09. The lowest BCUT2D eigenvalue weighted by atomic mass is 10.2. The molecule has 1 fully saturated rings. The van der Waals surface area contributed by atoms with Crippen LogP contribution in [0, 0.1) is 0 Å². The molecule has 1 aromatic heterocycles. The standard InChI is InChI=1S/C18H24BrN3O2/c1-23-10-6-20-17-13-14-12-15(19)4-5-16(14)21-18(17)24-11-9-22-7-2-3-8-22/h4-5,12-13,20H,2-3,6-11H2,1H3. The molecule has 6 heteroatoms. The van der Waals surface area contributed by atoms with Gasteiger partial charge in [-0.15, -0.1) is 0 Å². The molecule has 0 unspecified atom stereocenters. The number of halogens is 1. The molecule has 0 amide bonds. The van der Waals surface area contributed by atoms with Crippen LogP contribution in [0.15, 0.2) is 28.7 Å². The second-order valence-electron chi connectivity index (χ2n) is 5.99. The zero-order chi connectivity index (χ0) is 16.8. The SMILES string of the molecule is COCCNc1cc2cc(Br)ccc2nc1OCCN1CCCC1. The largest absolute Gasteiger partial charge is 0.475 e. The van der Waals surface area contributed by atoms with Crippen molar-refractivity contribution in [2.45, 2.75) is 12.8 Å². The Labute approximate surface area is 151 Å². The molecule has 24 heavy (non-hydrogen) atoms. The average molecular weight is 394 g/mol. The van der Waals surface area contributed by atoms with E-state index in [1.54, 1.807) is 7.11 Å². The first kappa shape index (κ1) is 17.5. The fourth-order valence-corrected chi connectivity index (χ4v) is 3.31. The van der Waals surface area contributed by atoms with E-state index in [9.17, 15) is 0 Å². The first-order valence-corrected chi connectivity index (χ1v) is 9.24. The number of hydrogen-bond donors (Lipinski definition) is 1. The molecule has 0 bridgehead atoms. The Hall–Kier alpha value is -1.37. The summed E-state index contributed by atoms with van der Waals surface area (Å²) < 4.78 is 12.2. The molecule has 3 rings (SSSR count). The lowest BCUT2D eigenvalue weighted by Crippen LogP contribution is -2.25. The monoisotopic (exact) mass is 393 g/mol. The molecule has 0 atom stereocenters. The third-order valence-corrected chi connectivity index (χ3v) is 4.70. The zero-order valence-corrected chi connectivity index (χ0v) is 15.6. The quantitative estimate of drug-likeness (QED) is 0.695. The molecule has 0 radical (unpaired) electrons. The Kier molecular flexibility index (Phi) is 6.29. The van der Waals surface area contributed by atoms with Crippen LogP contribution < -0.4 is 10.1 Å². The Morgan fingerprint density at radius 2 is 2.04 bits per heavy atom. The summed E-state index contributed by atoms with van der Waals surface area (Å²) in [6, 6.07) is 8.17. The van der Waals surface area contributed by atoms with Crippen molar-refractivity contribution in [1.82, 2.24) is 9.88 Å². The molecular weight excluding hydrogens is 370 g/mol. The van der Waals surface area contributed by atoms with E-state index in [2.05, 4.69) is 38.3 Å². The first-order chi connectivity index (χ1) is 11.8. The normalized spacial score (nSPS) is 15.1. The van der Waals surface area contributed by atoms with E-state index >= 15 is 0 Å². The van der Waals surface area contributed by atoms with Crippen LogP contribution in [0.2, 0.25) is 0 Å². The summed E-state index contributed by atoms with van der Waals surface area (Å²) in [6.45, 7) is 5.35. The number of nitrogens with one attached hydrogen (secondary N) is 1. The lowest BCUT2D eigenvalue weighted by Gasteiger charge is -2.17. The number of benzene rings is 1. The molecule has 1 N–H and O–H groups in total. The van der Waals surface area contributed by atoms with Crippen molar-refractivity contribution >= 4 is 32.5 Å². The van der Waals surface area contributed by atoms with Crippen LogP contribution >= 0.6 is 15.9 Å². The van der Waals surface area contributed by atoms with Gasteiger partial charge in [-0.25, -0.2) is 4.98 Å². The molecule has 1 saturated heterocycles. The molecule has 1 aliphatic rings. The Balaban J connectivity index is 1.74. The van der Waals surface area contributed by atoms with Gasteiger partial charge in [0.2, 0.25) is 5.88 Å². The van der Waals surface area contributed by atoms with E-state index in [4.69, 9.17) is 14.5 Å². The number of anilines is 1. The predicted molar refractivity (Wildman–Crippen MR) is 101 cm³/mol. The van der Waals surface area contributed by atoms with E-state index in [-0.39, 0.29) is 0 Å². The van der Waals surface area contributed by atoms with Crippen LogP contribution in [0.3, 0.4) is 0 Å². The maximum atomic E-state index is 6.00. The highest BCUT2D eigenvalue weighted by molar-refractivity contribution is 9.10. The first-order valence-electron chi connectivity index (χ1n) is 8.44. The number of hydrogen-bond acceptors (Lipinski definition) is 5. The number of methoxy groups -OCH3 is 1. The fraction of sp³-hybridized carbons (Fsp3) is 0.500. The highest BCUT2D eigenvalue weighted by Crippen LogP contribution is 2.28. The smallest absolute Gasteiger partial charge is 0.238 e. The van der Waals surface area contributed by atoms with Gasteiger partial charge >= 0.3 is 0 Å². The van der Waals surface area contributed by atoms with Gasteiger partial charge in [-0.2, -0.15) is 0 Å². The van der Waals surface area contributed by atoms with Gasteiger partial charge in [0.15, 0.2) is 0 Å². The highest BCUT2D eigenvalue weighted by Gasteiger charge is 2.13. The van der Waals surface area contributed by atoms with Gasteiger partial charge in [-0.1, -0.05) is 15.9 Å². The molecule has 0 aliphatic carbocycles. The van der Waals surface area contributed by atoms with Gasteiger partial charge in [0.1, 0.15) is 6.61 Å². The summed E-state index contributed by atoms with van der Waals surface area (Å²) in [7, 11) is 1.70. The highest BCUT2D eigenvalue weighted by atomic mass is 79.9. The number of nitrogens with zero attached hydrogens (tertiary/aromatic N) is 2. The van der Waals surface area contributed by atoms with Crippen molar-refractivity contribution in [2.24, 2.45) is 0 Å². The van der Waals surface area contributed by atoms with Crippen LogP contribution in [0.5, 0.6) is 5.88 Å². The number of ether oxygens (including phenoxy) is 2. The van der Waals surface area contributed by atoms with E-state index in [0.717, 1.165) is 34.2 Å². The molecule has 2 aromatic rings. The number of rotatable bonds is 8. The topological polar surface area (TPSA) is 46.6 Å². The number of fused-ring (bicyclic) bond motifs is 1. The van der Waals surface area contributed by atoms with Crippen LogP contribution in [0.1, 0.15) is 12.8 Å². The maximum absolute atomic E-state index is 6.00. The third-order valence-electron chi connectivity index (χ3n) is 4.21. The molecule has 5 nitrogen and oxygen atoms in total. The van der Waals surface area contributed by atoms with Gasteiger partial charge in [0, 0.05) is 30.1 Å². The number of likely N-dealkylation sites (tertiary alicyclic amines) is 1. The number of pyridine rings is 1. The summed E-state index contributed by atoms with van der Waals surface area (Å²) in [5.74, 6) is 0.667. The summed E-state index contributed by atoms with van der Waals surface area (Å²) in [5, 5.41) is 4.44. The van der Waals surface area contributed by atoms with Crippen molar-refractivity contribution in [2.75, 3.05) is 51.8 Å². The number of aromatic nitrogens is 1. The van der Waals surface area contributed by atoms with Gasteiger partial charge < -0.3 is 14.8 Å². The third kappa shape index (κ3) is 4.59. The van der Waals surface area contributed by atoms with Crippen LogP contribution in [0.4, 0.5) is 5.69 Å². The van der Waals surface area contributed by atoms with Crippen LogP contribution in [0.25, 0.3) is 10.9 Å². The summed E-state index contributed by atoms with van der Waals surface area (Å²) >= 11 is 3.51. The minimum absolute atomic E-state index is 0.643. The Morgan fingerprint density at radius 3 is 2.83 bits per heavy atom. The van der Waals surface area contributed by atoms with Crippen LogP contribution in [-0.4, -0.2) is 56.4 Å². The van der Waals surface area contributed by atoms with Crippen molar-refractivity contribution in [3.63, 3.8) is 0 Å². The van der Waals surface area contributed by atoms with Crippen molar-refractivity contribution in [3.05, 3.63) is 28.7 Å². The molecule has 1 aromatic carbocycles. The van der Waals surface area contributed by atoms with Gasteiger partial charge in [0.05, 0.1) is 17.8 Å². The fourth-order valence-electron chi connectivity index (χ4n) is 2.93. The van der Waals surface area contributed by atoms with E-state index in [1.165, 1.54) is 25.9 Å². The van der Waals surface area contributed by atoms with Crippen molar-refractivity contribution in [3.8, 4) is 5.88 Å². The van der Waals surface area contributed by atoms with E-state index in [0.29, 0.717) is 19.1 Å². The molecule has 1 aliphatic heterocycles. The zero-order valence-electron chi connectivity index (χ0n) is 14.1. The maximum Gasteiger partial charge on any atom is 0.238 e. The lowest BCUT2D eigenvalue weighted by molar-refractivity contribution is 0.210. The Morgan fingerprint density at radius 1 is 1.21 bits per heavy atom. The van der Waals surface area contributed by atoms with Gasteiger partial charge in [-0.05, 0) is 50.2 Å². The summed E-state index contributed by atoms with van der Waals surface area (Å²) in [4.78, 5) is 7.13. The Bertz CT molecular complexity index is 675. The summed E-state index contributed by atoms with van der Waals surface area (Å²) in [5.41, 5.74) is 1.85. The molecule has 0 spiro atoms. The second kappa shape index (κ2) is 8.65. The van der Waals surface area contributed by atoms with Gasteiger partial charge in [0.25, 0.3) is 0 Å². The van der Waals surface area contributed by atoms with E-state index in [1.807, 2.05) is 12.1 Å². The summed E-state index contributed by atoms with van der Waals surface area (Å²) in [6.07, 6.45) is 2.60.